The van der Waals surface area contributed by atoms with Crippen LogP contribution < -0.4 is 5.32 Å². The lowest BCUT2D eigenvalue weighted by Gasteiger charge is -2.08. The summed E-state index contributed by atoms with van der Waals surface area (Å²) >= 11 is 0. The zero-order chi connectivity index (χ0) is 18.2. The summed E-state index contributed by atoms with van der Waals surface area (Å²) in [6.07, 6.45) is 3.52. The molecule has 2 N–H and O–H groups in total. The van der Waals surface area contributed by atoms with Crippen LogP contribution in [0.1, 0.15) is 5.69 Å². The van der Waals surface area contributed by atoms with Crippen LogP contribution in [0.15, 0.2) is 60.9 Å². The molecule has 0 radical (unpaired) electrons. The molecule has 0 fully saturated rings. The van der Waals surface area contributed by atoms with Gasteiger partial charge in [-0.2, -0.15) is 5.10 Å². The van der Waals surface area contributed by atoms with Crippen LogP contribution in [-0.2, 0) is 13.6 Å². The number of aromatic amines is 1. The van der Waals surface area contributed by atoms with E-state index in [1.54, 1.807) is 17.1 Å². The third kappa shape index (κ3) is 2.79. The van der Waals surface area contributed by atoms with E-state index in [4.69, 9.17) is 4.98 Å². The second kappa shape index (κ2) is 6.21. The molecule has 4 heterocycles. The summed E-state index contributed by atoms with van der Waals surface area (Å²) in [7, 11) is 1.87. The van der Waals surface area contributed by atoms with Crippen molar-refractivity contribution >= 4 is 27.8 Å². The summed E-state index contributed by atoms with van der Waals surface area (Å²) in [4.78, 5) is 17.1. The molecular formula is C20H17N7. The molecule has 0 bridgehead atoms. The lowest BCUT2D eigenvalue weighted by atomic mass is 10.2. The minimum atomic E-state index is 0.575. The van der Waals surface area contributed by atoms with Gasteiger partial charge in [0.15, 0.2) is 11.5 Å². The maximum absolute atomic E-state index is 4.70. The fourth-order valence-electron chi connectivity index (χ4n) is 3.17. The summed E-state index contributed by atoms with van der Waals surface area (Å²) in [5.41, 5.74) is 3.71. The van der Waals surface area contributed by atoms with Crippen LogP contribution in [0.2, 0.25) is 0 Å². The van der Waals surface area contributed by atoms with Crippen molar-refractivity contribution < 1.29 is 0 Å². The van der Waals surface area contributed by atoms with Crippen LogP contribution >= 0.6 is 0 Å². The second-order valence-corrected chi connectivity index (χ2v) is 6.35. The molecule has 0 atom stereocenters. The number of para-hydroxylation sites is 1. The minimum Gasteiger partial charge on any atom is -0.364 e. The van der Waals surface area contributed by atoms with Crippen molar-refractivity contribution in [3.63, 3.8) is 0 Å². The zero-order valence-electron chi connectivity index (χ0n) is 14.7. The van der Waals surface area contributed by atoms with Crippen LogP contribution in [0.4, 0.5) is 5.82 Å². The maximum atomic E-state index is 4.70. The number of aromatic nitrogens is 6. The highest BCUT2D eigenvalue weighted by molar-refractivity contribution is 5.88. The molecule has 0 saturated heterocycles. The number of nitrogens with zero attached hydrogens (tertiary/aromatic N) is 5. The largest absolute Gasteiger partial charge is 0.364 e. The molecule has 132 valence electrons. The first-order valence-corrected chi connectivity index (χ1v) is 8.69. The van der Waals surface area contributed by atoms with Crippen molar-refractivity contribution in [1.29, 1.82) is 0 Å². The fraction of sp³-hybridized carbons (Fsp3) is 0.100. The van der Waals surface area contributed by atoms with E-state index in [0.29, 0.717) is 12.4 Å². The molecule has 5 aromatic rings. The molecule has 0 aliphatic heterocycles. The summed E-state index contributed by atoms with van der Waals surface area (Å²) < 4.78 is 1.75. The normalized spacial score (nSPS) is 11.3. The van der Waals surface area contributed by atoms with E-state index in [1.807, 2.05) is 37.4 Å². The Balaban J connectivity index is 1.53. The Morgan fingerprint density at radius 1 is 1.07 bits per heavy atom. The van der Waals surface area contributed by atoms with Gasteiger partial charge < -0.3 is 10.3 Å². The highest BCUT2D eigenvalue weighted by Gasteiger charge is 2.13. The second-order valence-electron chi connectivity index (χ2n) is 6.35. The topological polar surface area (TPSA) is 84.3 Å². The fourth-order valence-corrected chi connectivity index (χ4v) is 3.17. The molecule has 0 aliphatic carbocycles. The number of hydrogen-bond acceptors (Lipinski definition) is 5. The van der Waals surface area contributed by atoms with Gasteiger partial charge in [0.05, 0.1) is 18.1 Å². The van der Waals surface area contributed by atoms with Crippen LogP contribution in [0.25, 0.3) is 33.5 Å². The quantitative estimate of drug-likeness (QED) is 0.515. The van der Waals surface area contributed by atoms with Gasteiger partial charge in [-0.15, -0.1) is 0 Å². The van der Waals surface area contributed by atoms with Crippen LogP contribution in [-0.4, -0.2) is 29.7 Å². The number of aryl methyl sites for hydroxylation is 1. The monoisotopic (exact) mass is 355 g/mol. The van der Waals surface area contributed by atoms with Gasteiger partial charge in [0, 0.05) is 24.5 Å². The van der Waals surface area contributed by atoms with Gasteiger partial charge >= 0.3 is 0 Å². The predicted octanol–water partition coefficient (Wildman–Crippen LogP) is 3.52. The van der Waals surface area contributed by atoms with E-state index in [1.165, 1.54) is 5.39 Å². The van der Waals surface area contributed by atoms with Crippen molar-refractivity contribution in [3.05, 3.63) is 66.6 Å². The van der Waals surface area contributed by atoms with Gasteiger partial charge in [0.1, 0.15) is 11.5 Å². The van der Waals surface area contributed by atoms with Gasteiger partial charge in [0.2, 0.25) is 0 Å². The maximum Gasteiger partial charge on any atom is 0.182 e. The molecule has 0 amide bonds. The lowest BCUT2D eigenvalue weighted by Crippen LogP contribution is -2.05. The van der Waals surface area contributed by atoms with Crippen molar-refractivity contribution in [1.82, 2.24) is 29.7 Å². The predicted molar refractivity (Wildman–Crippen MR) is 105 cm³/mol. The van der Waals surface area contributed by atoms with Gasteiger partial charge in [-0.05, 0) is 29.7 Å². The zero-order valence-corrected chi connectivity index (χ0v) is 14.7. The highest BCUT2D eigenvalue weighted by atomic mass is 15.3. The molecule has 0 unspecified atom stereocenters. The molecule has 0 saturated carbocycles. The van der Waals surface area contributed by atoms with Crippen molar-refractivity contribution in [2.75, 3.05) is 5.32 Å². The average molecular weight is 355 g/mol. The van der Waals surface area contributed by atoms with Gasteiger partial charge in [-0.3, -0.25) is 9.67 Å². The Kier molecular flexibility index (Phi) is 3.57. The highest BCUT2D eigenvalue weighted by Crippen LogP contribution is 2.24. The van der Waals surface area contributed by atoms with E-state index in [-0.39, 0.29) is 0 Å². The molecule has 7 heteroatoms. The van der Waals surface area contributed by atoms with Crippen LogP contribution in [0.3, 0.4) is 0 Å². The molecule has 0 aliphatic rings. The number of nitrogens with one attached hydrogen (secondary N) is 2. The number of pyridine rings is 1. The van der Waals surface area contributed by atoms with Gasteiger partial charge in [-0.25, -0.2) is 9.97 Å². The van der Waals surface area contributed by atoms with E-state index in [9.17, 15) is 0 Å². The minimum absolute atomic E-state index is 0.575. The van der Waals surface area contributed by atoms with Crippen LogP contribution in [0.5, 0.6) is 0 Å². The van der Waals surface area contributed by atoms with E-state index in [0.717, 1.165) is 33.8 Å². The summed E-state index contributed by atoms with van der Waals surface area (Å²) in [5.74, 6) is 1.32. The van der Waals surface area contributed by atoms with Crippen molar-refractivity contribution in [2.24, 2.45) is 7.05 Å². The molecule has 0 spiro atoms. The van der Waals surface area contributed by atoms with Crippen LogP contribution in [0, 0.1) is 0 Å². The van der Waals surface area contributed by atoms with Gasteiger partial charge in [0.25, 0.3) is 0 Å². The number of benzene rings is 1. The SMILES string of the molecule is Cn1ncc2c(NCc3cc4ccccc4[nH]3)nc(-c3ccccn3)nc21. The summed E-state index contributed by atoms with van der Waals surface area (Å²) in [5, 5.41) is 9.83. The Hall–Kier alpha value is -3.74. The van der Waals surface area contributed by atoms with E-state index >= 15 is 0 Å². The summed E-state index contributed by atoms with van der Waals surface area (Å²) in [6.45, 7) is 0.622. The number of fused-ring (bicyclic) bond motifs is 2. The number of H-pyrrole nitrogens is 1. The standard InChI is InChI=1S/C20H17N7/c1-27-20-15(12-23-27)18(25-19(26-20)17-8-4-5-9-21-17)22-11-14-10-13-6-2-3-7-16(13)24-14/h2-10,12,24H,11H2,1H3,(H,22,25,26). The Morgan fingerprint density at radius 2 is 1.96 bits per heavy atom. The number of rotatable bonds is 4. The summed E-state index contributed by atoms with van der Waals surface area (Å²) in [6, 6.07) is 16.1. The Morgan fingerprint density at radius 3 is 2.81 bits per heavy atom. The lowest BCUT2D eigenvalue weighted by molar-refractivity contribution is 0.785. The molecule has 1 aromatic carbocycles. The number of anilines is 1. The third-order valence-corrected chi connectivity index (χ3v) is 4.52. The first-order chi connectivity index (χ1) is 13.3. The number of hydrogen-bond donors (Lipinski definition) is 2. The van der Waals surface area contributed by atoms with Crippen molar-refractivity contribution in [2.45, 2.75) is 6.54 Å². The Bertz CT molecular complexity index is 1200. The first-order valence-electron chi connectivity index (χ1n) is 8.69. The molecule has 27 heavy (non-hydrogen) atoms. The van der Waals surface area contributed by atoms with E-state index in [2.05, 4.69) is 43.6 Å². The third-order valence-electron chi connectivity index (χ3n) is 4.52. The molecule has 4 aromatic heterocycles. The molecule has 7 nitrogen and oxygen atoms in total. The molecule has 5 rings (SSSR count). The van der Waals surface area contributed by atoms with Gasteiger partial charge in [-0.1, -0.05) is 24.3 Å². The Labute approximate surface area is 155 Å². The molecular weight excluding hydrogens is 338 g/mol. The average Bonchev–Trinajstić information content (AvgIpc) is 3.30. The van der Waals surface area contributed by atoms with Crippen molar-refractivity contribution in [3.8, 4) is 11.5 Å². The van der Waals surface area contributed by atoms with E-state index < -0.39 is 0 Å². The first kappa shape index (κ1) is 15.5. The smallest absolute Gasteiger partial charge is 0.182 e.